The number of rotatable bonds is 7. The van der Waals surface area contributed by atoms with Crippen LogP contribution in [0.25, 0.3) is 16.9 Å². The summed E-state index contributed by atoms with van der Waals surface area (Å²) in [6.45, 7) is 3.82. The number of ether oxygens (including phenoxy) is 1. The molecule has 33 heavy (non-hydrogen) atoms. The lowest BCUT2D eigenvalue weighted by molar-refractivity contribution is 0.185. The maximum atomic E-state index is 10.1. The van der Waals surface area contributed by atoms with Gasteiger partial charge in [0.1, 0.15) is 18.8 Å². The maximum Gasteiger partial charge on any atom is 0.221 e. The first-order valence-corrected chi connectivity index (χ1v) is 10.7. The Morgan fingerprint density at radius 3 is 2.76 bits per heavy atom. The average molecular weight is 441 g/mol. The van der Waals surface area contributed by atoms with Gasteiger partial charge in [0.05, 0.1) is 34.3 Å². The van der Waals surface area contributed by atoms with Gasteiger partial charge in [-0.25, -0.2) is 4.98 Å². The third kappa shape index (κ3) is 4.21. The van der Waals surface area contributed by atoms with Crippen molar-refractivity contribution in [2.24, 2.45) is 5.41 Å². The van der Waals surface area contributed by atoms with Gasteiger partial charge < -0.3 is 15.2 Å². The fraction of sp³-hybridized carbons (Fsp3) is 0.292. The molecule has 9 nitrogen and oxygen atoms in total. The summed E-state index contributed by atoms with van der Waals surface area (Å²) >= 11 is 0. The topological polar surface area (TPSA) is 122 Å². The van der Waals surface area contributed by atoms with E-state index in [1.165, 1.54) is 0 Å². The summed E-state index contributed by atoms with van der Waals surface area (Å²) < 4.78 is 7.77. The van der Waals surface area contributed by atoms with Gasteiger partial charge in [-0.15, -0.1) is 5.10 Å². The second-order valence-electron chi connectivity index (χ2n) is 8.42. The molecule has 1 saturated carbocycles. The van der Waals surface area contributed by atoms with Crippen LogP contribution in [-0.4, -0.2) is 36.4 Å². The van der Waals surface area contributed by atoms with Gasteiger partial charge in [0.25, 0.3) is 0 Å². The van der Waals surface area contributed by atoms with E-state index in [4.69, 9.17) is 4.74 Å². The number of aromatic nitrogens is 5. The number of hydrogen-bond donors (Lipinski definition) is 2. The third-order valence-electron chi connectivity index (χ3n) is 5.77. The number of benzene rings is 1. The van der Waals surface area contributed by atoms with E-state index < -0.39 is 11.5 Å². The van der Waals surface area contributed by atoms with Crippen LogP contribution in [0.2, 0.25) is 0 Å². The number of fused-ring (bicyclic) bond motifs is 1. The summed E-state index contributed by atoms with van der Waals surface area (Å²) in [5, 5.41) is 30.9. The number of imidazole rings is 1. The number of nitrogens with zero attached hydrogens (tertiary/aromatic N) is 6. The number of hydrogen-bond acceptors (Lipinski definition) is 8. The zero-order valence-electron chi connectivity index (χ0n) is 18.4. The van der Waals surface area contributed by atoms with Crippen molar-refractivity contribution in [3.63, 3.8) is 0 Å². The fourth-order valence-corrected chi connectivity index (χ4v) is 3.54. The fourth-order valence-electron chi connectivity index (χ4n) is 3.54. The van der Waals surface area contributed by atoms with E-state index >= 15 is 0 Å². The van der Waals surface area contributed by atoms with E-state index in [0.29, 0.717) is 23.1 Å². The Kier molecular flexibility index (Phi) is 5.15. The summed E-state index contributed by atoms with van der Waals surface area (Å²) in [5.74, 6) is 1.60. The zero-order valence-corrected chi connectivity index (χ0v) is 18.4. The quantitative estimate of drug-likeness (QED) is 0.441. The number of pyridine rings is 1. The molecule has 0 aliphatic heterocycles. The molecule has 2 N–H and O–H groups in total. The standard InChI is InChI=1S/C24H23N7O2/c1-15-3-7-21(30-29-15)27-17-4-6-20-19(11-17)26-14-31(20)22-8-5-18(16(2)32)23(28-22)33-13-24(12-25)9-10-24/h3-8,11,14,16,32H,9-10,13H2,1-2H3,(H,27,30). The summed E-state index contributed by atoms with van der Waals surface area (Å²) in [5.41, 5.74) is 3.51. The van der Waals surface area contributed by atoms with Gasteiger partial charge in [-0.3, -0.25) is 4.57 Å². The Labute approximate surface area is 190 Å². The summed E-state index contributed by atoms with van der Waals surface area (Å²) in [6, 6.07) is 15.5. The largest absolute Gasteiger partial charge is 0.476 e. The number of anilines is 2. The predicted octanol–water partition coefficient (Wildman–Crippen LogP) is 4.00. The molecule has 3 aromatic heterocycles. The molecular weight excluding hydrogens is 418 g/mol. The maximum absolute atomic E-state index is 10.1. The van der Waals surface area contributed by atoms with Gasteiger partial charge in [-0.2, -0.15) is 15.3 Å². The molecule has 166 valence electrons. The van der Waals surface area contributed by atoms with E-state index in [1.54, 1.807) is 19.3 Å². The molecular formula is C24H23N7O2. The van der Waals surface area contributed by atoms with E-state index in [1.807, 2.05) is 47.9 Å². The molecule has 1 aliphatic carbocycles. The SMILES string of the molecule is Cc1ccc(Nc2ccc3c(c2)ncn3-c2ccc(C(C)O)c(OCC3(C#N)CC3)n2)nn1. The van der Waals surface area contributed by atoms with Crippen LogP contribution in [0.5, 0.6) is 5.88 Å². The van der Waals surface area contributed by atoms with Crippen molar-refractivity contribution in [3.8, 4) is 17.8 Å². The number of aliphatic hydroxyl groups excluding tert-OH is 1. The molecule has 1 aromatic carbocycles. The van der Waals surface area contributed by atoms with Gasteiger partial charge >= 0.3 is 0 Å². The van der Waals surface area contributed by atoms with Crippen LogP contribution in [0.15, 0.2) is 48.8 Å². The minimum Gasteiger partial charge on any atom is -0.476 e. The minimum absolute atomic E-state index is 0.265. The van der Waals surface area contributed by atoms with E-state index in [0.717, 1.165) is 35.3 Å². The molecule has 0 bridgehead atoms. The van der Waals surface area contributed by atoms with Crippen LogP contribution in [-0.2, 0) is 0 Å². The second-order valence-corrected chi connectivity index (χ2v) is 8.42. The summed E-state index contributed by atoms with van der Waals surface area (Å²) in [7, 11) is 0. The van der Waals surface area contributed by atoms with Gasteiger partial charge in [0.15, 0.2) is 5.82 Å². The Hall–Kier alpha value is -4.03. The van der Waals surface area contributed by atoms with Crippen molar-refractivity contribution in [2.75, 3.05) is 11.9 Å². The number of nitriles is 1. The highest BCUT2D eigenvalue weighted by Gasteiger charge is 2.44. The van der Waals surface area contributed by atoms with Crippen LogP contribution in [0.4, 0.5) is 11.5 Å². The van der Waals surface area contributed by atoms with E-state index in [2.05, 4.69) is 31.6 Å². The molecule has 9 heteroatoms. The van der Waals surface area contributed by atoms with E-state index in [9.17, 15) is 10.4 Å². The highest BCUT2D eigenvalue weighted by molar-refractivity contribution is 5.81. The Morgan fingerprint density at radius 2 is 2.06 bits per heavy atom. The van der Waals surface area contributed by atoms with Gasteiger partial charge in [0, 0.05) is 11.3 Å². The van der Waals surface area contributed by atoms with Crippen molar-refractivity contribution >= 4 is 22.5 Å². The first kappa shape index (κ1) is 20.8. The molecule has 0 radical (unpaired) electrons. The van der Waals surface area contributed by atoms with Crippen molar-refractivity contribution < 1.29 is 9.84 Å². The molecule has 0 amide bonds. The van der Waals surface area contributed by atoms with Crippen molar-refractivity contribution in [1.82, 2.24) is 24.7 Å². The van der Waals surface area contributed by atoms with Crippen molar-refractivity contribution in [3.05, 3.63) is 60.0 Å². The Balaban J connectivity index is 1.44. The molecule has 3 heterocycles. The van der Waals surface area contributed by atoms with Gasteiger partial charge in [-0.05, 0) is 69.2 Å². The summed E-state index contributed by atoms with van der Waals surface area (Å²) in [4.78, 5) is 9.17. The average Bonchev–Trinajstić information content (AvgIpc) is 3.49. The van der Waals surface area contributed by atoms with Crippen LogP contribution in [0.3, 0.4) is 0 Å². The van der Waals surface area contributed by atoms with Crippen LogP contribution in [0.1, 0.15) is 37.1 Å². The first-order valence-electron chi connectivity index (χ1n) is 10.7. The predicted molar refractivity (Wildman–Crippen MR) is 122 cm³/mol. The molecule has 1 aliphatic rings. The highest BCUT2D eigenvalue weighted by atomic mass is 16.5. The normalized spacial score (nSPS) is 15.1. The number of aliphatic hydroxyl groups is 1. The lowest BCUT2D eigenvalue weighted by Gasteiger charge is -2.15. The smallest absolute Gasteiger partial charge is 0.221 e. The molecule has 1 unspecified atom stereocenters. The molecule has 1 fully saturated rings. The molecule has 1 atom stereocenters. The van der Waals surface area contributed by atoms with E-state index in [-0.39, 0.29) is 6.61 Å². The van der Waals surface area contributed by atoms with Crippen molar-refractivity contribution in [1.29, 1.82) is 5.26 Å². The molecule has 0 spiro atoms. The number of nitrogens with one attached hydrogen (secondary N) is 1. The monoisotopic (exact) mass is 441 g/mol. The van der Waals surface area contributed by atoms with Gasteiger partial charge in [0.2, 0.25) is 5.88 Å². The minimum atomic E-state index is -0.739. The third-order valence-corrected chi connectivity index (χ3v) is 5.77. The van der Waals surface area contributed by atoms with Crippen molar-refractivity contribution in [2.45, 2.75) is 32.8 Å². The van der Waals surface area contributed by atoms with Crippen LogP contribution < -0.4 is 10.1 Å². The lowest BCUT2D eigenvalue weighted by atomic mass is 10.1. The Morgan fingerprint density at radius 1 is 1.21 bits per heavy atom. The van der Waals surface area contributed by atoms with Crippen LogP contribution >= 0.6 is 0 Å². The van der Waals surface area contributed by atoms with Gasteiger partial charge in [-0.1, -0.05) is 0 Å². The second kappa shape index (κ2) is 8.15. The van der Waals surface area contributed by atoms with Crippen LogP contribution in [0, 0.1) is 23.7 Å². The lowest BCUT2D eigenvalue weighted by Crippen LogP contribution is -2.14. The summed E-state index contributed by atoms with van der Waals surface area (Å²) in [6.07, 6.45) is 2.61. The zero-order chi connectivity index (χ0) is 23.0. The Bertz CT molecular complexity index is 1350. The highest BCUT2D eigenvalue weighted by Crippen LogP contribution is 2.45. The molecule has 4 aromatic rings. The first-order chi connectivity index (χ1) is 16.0. The number of aryl methyl sites for hydroxylation is 1. The molecule has 5 rings (SSSR count). The molecule has 0 saturated heterocycles.